The van der Waals surface area contributed by atoms with Crippen LogP contribution in [0.5, 0.6) is 0 Å². The van der Waals surface area contributed by atoms with Crippen LogP contribution in [0.1, 0.15) is 20.7 Å². The van der Waals surface area contributed by atoms with Gasteiger partial charge >= 0.3 is 5.97 Å². The highest BCUT2D eigenvalue weighted by molar-refractivity contribution is 7.14. The van der Waals surface area contributed by atoms with Gasteiger partial charge in [-0.15, -0.1) is 11.3 Å². The molecule has 4 rings (SSSR count). The summed E-state index contributed by atoms with van der Waals surface area (Å²) in [5.41, 5.74) is 1.86. The maximum atomic E-state index is 12.8. The molecule has 0 aliphatic heterocycles. The Bertz CT molecular complexity index is 1200. The van der Waals surface area contributed by atoms with Crippen LogP contribution in [0.3, 0.4) is 0 Å². The maximum Gasteiger partial charge on any atom is 0.336 e. The van der Waals surface area contributed by atoms with Gasteiger partial charge in [-0.1, -0.05) is 48.5 Å². The van der Waals surface area contributed by atoms with Gasteiger partial charge in [-0.05, 0) is 29.0 Å². The number of carbonyl (C=O) groups excluding carboxylic acids is 1. The number of hydrogen-bond donors (Lipinski definition) is 1. The summed E-state index contributed by atoms with van der Waals surface area (Å²) in [6.07, 6.45) is 0. The molecule has 1 amide bonds. The van der Waals surface area contributed by atoms with Gasteiger partial charge in [0.1, 0.15) is 0 Å². The second kappa shape index (κ2) is 7.25. The molecule has 0 saturated carbocycles. The fourth-order valence-electron chi connectivity index (χ4n) is 3.02. The fourth-order valence-corrected chi connectivity index (χ4v) is 3.82. The van der Waals surface area contributed by atoms with E-state index in [4.69, 9.17) is 0 Å². The molecule has 0 aliphatic rings. The highest BCUT2D eigenvalue weighted by atomic mass is 32.1. The first-order valence-electron chi connectivity index (χ1n) is 8.59. The van der Waals surface area contributed by atoms with E-state index in [1.807, 2.05) is 35.7 Å². The Balaban J connectivity index is 1.65. The second-order valence-corrected chi connectivity index (χ2v) is 7.13. The zero-order chi connectivity index (χ0) is 19.7. The lowest BCUT2D eigenvalue weighted by molar-refractivity contribution is 0.0692. The molecule has 0 radical (unpaired) electrons. The van der Waals surface area contributed by atoms with Gasteiger partial charge in [-0.25, -0.2) is 9.78 Å². The third kappa shape index (κ3) is 3.25. The Kier molecular flexibility index (Phi) is 4.63. The molecule has 0 fully saturated rings. The molecule has 6 heteroatoms. The topological polar surface area (TPSA) is 70.5 Å². The van der Waals surface area contributed by atoms with Crippen molar-refractivity contribution in [1.82, 2.24) is 4.98 Å². The van der Waals surface area contributed by atoms with Crippen LogP contribution < -0.4 is 4.90 Å². The Hall–Kier alpha value is -3.51. The van der Waals surface area contributed by atoms with Gasteiger partial charge in [0.2, 0.25) is 0 Å². The summed E-state index contributed by atoms with van der Waals surface area (Å²) < 4.78 is 0. The predicted octanol–water partition coefficient (Wildman–Crippen LogP) is 4.94. The first-order chi connectivity index (χ1) is 13.5. The fraction of sp³-hybridized carbons (Fsp3) is 0.0455. The molecule has 0 saturated heterocycles. The maximum absolute atomic E-state index is 12.8. The van der Waals surface area contributed by atoms with Crippen LogP contribution in [0, 0.1) is 0 Å². The van der Waals surface area contributed by atoms with Gasteiger partial charge in [-0.2, -0.15) is 0 Å². The summed E-state index contributed by atoms with van der Waals surface area (Å²) in [5, 5.41) is 14.0. The Morgan fingerprint density at radius 1 is 0.929 bits per heavy atom. The van der Waals surface area contributed by atoms with Crippen molar-refractivity contribution < 1.29 is 14.7 Å². The SMILES string of the molecule is CN(C(=O)c1ccccc1C(=O)O)c1nc(-c2ccc3ccccc3c2)cs1. The monoisotopic (exact) mass is 388 g/mol. The van der Waals surface area contributed by atoms with E-state index in [1.165, 1.54) is 28.4 Å². The molecular formula is C22H16N2O3S. The normalized spacial score (nSPS) is 10.8. The number of nitrogens with zero attached hydrogens (tertiary/aromatic N) is 2. The molecule has 3 aromatic carbocycles. The first kappa shape index (κ1) is 17.9. The number of aromatic carboxylic acids is 1. The number of rotatable bonds is 4. The van der Waals surface area contributed by atoms with Gasteiger partial charge in [-0.3, -0.25) is 9.69 Å². The minimum absolute atomic E-state index is 0.0225. The van der Waals surface area contributed by atoms with Crippen LogP contribution in [-0.2, 0) is 0 Å². The molecule has 1 N–H and O–H groups in total. The number of thiazole rings is 1. The van der Waals surface area contributed by atoms with E-state index in [0.717, 1.165) is 22.0 Å². The minimum Gasteiger partial charge on any atom is -0.478 e. The molecule has 0 atom stereocenters. The molecule has 0 aliphatic carbocycles. The number of amides is 1. The molecule has 1 heterocycles. The van der Waals surface area contributed by atoms with E-state index < -0.39 is 11.9 Å². The molecule has 4 aromatic rings. The molecule has 0 spiro atoms. The number of carboxylic acids is 1. The van der Waals surface area contributed by atoms with Crippen molar-refractivity contribution in [3.05, 3.63) is 83.2 Å². The highest BCUT2D eigenvalue weighted by Gasteiger charge is 2.22. The third-order valence-electron chi connectivity index (χ3n) is 4.52. The van der Waals surface area contributed by atoms with Crippen LogP contribution >= 0.6 is 11.3 Å². The largest absolute Gasteiger partial charge is 0.478 e. The standard InChI is InChI=1S/C22H16N2O3S/c1-24(20(25)17-8-4-5-9-18(17)21(26)27)22-23-19(13-28-22)16-11-10-14-6-2-3-7-15(14)12-16/h2-13H,1H3,(H,26,27). The van der Waals surface area contributed by atoms with Gasteiger partial charge in [0.25, 0.3) is 5.91 Å². The number of benzene rings is 3. The lowest BCUT2D eigenvalue weighted by atomic mass is 10.1. The summed E-state index contributed by atoms with van der Waals surface area (Å²) in [6.45, 7) is 0. The van der Waals surface area contributed by atoms with Crippen molar-refractivity contribution in [3.63, 3.8) is 0 Å². The number of carboxylic acid groups (broad SMARTS) is 1. The van der Waals surface area contributed by atoms with Crippen LogP contribution in [0.15, 0.2) is 72.1 Å². The number of aromatic nitrogens is 1. The summed E-state index contributed by atoms with van der Waals surface area (Å²) in [7, 11) is 1.60. The quantitative estimate of drug-likeness (QED) is 0.538. The Morgan fingerprint density at radius 2 is 1.61 bits per heavy atom. The van der Waals surface area contributed by atoms with E-state index in [9.17, 15) is 14.7 Å². The van der Waals surface area contributed by atoms with Crippen molar-refractivity contribution in [2.75, 3.05) is 11.9 Å². The summed E-state index contributed by atoms with van der Waals surface area (Å²) in [4.78, 5) is 30.2. The van der Waals surface area contributed by atoms with Crippen LogP contribution in [0.2, 0.25) is 0 Å². The second-order valence-electron chi connectivity index (χ2n) is 6.29. The van der Waals surface area contributed by atoms with E-state index in [1.54, 1.807) is 19.2 Å². The van der Waals surface area contributed by atoms with Crippen LogP contribution in [0.25, 0.3) is 22.0 Å². The molecular weight excluding hydrogens is 372 g/mol. The van der Waals surface area contributed by atoms with Crippen LogP contribution in [-0.4, -0.2) is 29.0 Å². The lowest BCUT2D eigenvalue weighted by Gasteiger charge is -2.15. The van der Waals surface area contributed by atoms with Crippen molar-refractivity contribution in [3.8, 4) is 11.3 Å². The Morgan fingerprint density at radius 3 is 2.36 bits per heavy atom. The number of anilines is 1. The number of carbonyl (C=O) groups is 2. The predicted molar refractivity (Wildman–Crippen MR) is 111 cm³/mol. The van der Waals surface area contributed by atoms with E-state index in [0.29, 0.717) is 5.13 Å². The zero-order valence-corrected chi connectivity index (χ0v) is 15.8. The van der Waals surface area contributed by atoms with Gasteiger partial charge in [0.05, 0.1) is 16.8 Å². The summed E-state index contributed by atoms with van der Waals surface area (Å²) in [5.74, 6) is -1.54. The van der Waals surface area contributed by atoms with Crippen LogP contribution in [0.4, 0.5) is 5.13 Å². The molecule has 28 heavy (non-hydrogen) atoms. The van der Waals surface area contributed by atoms with E-state index >= 15 is 0 Å². The highest BCUT2D eigenvalue weighted by Crippen LogP contribution is 2.30. The van der Waals surface area contributed by atoms with Crippen molar-refractivity contribution in [1.29, 1.82) is 0 Å². The average molecular weight is 388 g/mol. The summed E-state index contributed by atoms with van der Waals surface area (Å²) >= 11 is 1.34. The third-order valence-corrected chi connectivity index (χ3v) is 5.43. The van der Waals surface area contributed by atoms with E-state index in [2.05, 4.69) is 17.1 Å². The first-order valence-corrected chi connectivity index (χ1v) is 9.47. The van der Waals surface area contributed by atoms with Crippen molar-refractivity contribution >= 4 is 39.1 Å². The van der Waals surface area contributed by atoms with Crippen molar-refractivity contribution in [2.45, 2.75) is 0 Å². The van der Waals surface area contributed by atoms with Gasteiger partial charge < -0.3 is 5.11 Å². The lowest BCUT2D eigenvalue weighted by Crippen LogP contribution is -2.27. The van der Waals surface area contributed by atoms with Crippen molar-refractivity contribution in [2.24, 2.45) is 0 Å². The van der Waals surface area contributed by atoms with Gasteiger partial charge in [0, 0.05) is 18.0 Å². The zero-order valence-electron chi connectivity index (χ0n) is 15.0. The molecule has 0 bridgehead atoms. The Labute approximate surface area is 165 Å². The number of hydrogen-bond acceptors (Lipinski definition) is 4. The minimum atomic E-state index is -1.13. The molecule has 5 nitrogen and oxygen atoms in total. The summed E-state index contributed by atoms with van der Waals surface area (Å²) in [6, 6.07) is 20.4. The molecule has 0 unspecified atom stereocenters. The van der Waals surface area contributed by atoms with Gasteiger partial charge in [0.15, 0.2) is 5.13 Å². The molecule has 1 aromatic heterocycles. The average Bonchev–Trinajstić information content (AvgIpc) is 3.22. The smallest absolute Gasteiger partial charge is 0.336 e. The number of fused-ring (bicyclic) bond motifs is 1. The molecule has 138 valence electrons. The van der Waals surface area contributed by atoms with E-state index in [-0.39, 0.29) is 11.1 Å².